The van der Waals surface area contributed by atoms with Gasteiger partial charge in [-0.05, 0) is 50.8 Å². The van der Waals surface area contributed by atoms with E-state index in [4.69, 9.17) is 10.2 Å². The summed E-state index contributed by atoms with van der Waals surface area (Å²) in [7, 11) is -2.29. The number of sulfonamides is 1. The topological polar surface area (TPSA) is 148 Å². The van der Waals surface area contributed by atoms with Gasteiger partial charge in [0.05, 0.1) is 17.8 Å². The van der Waals surface area contributed by atoms with Gasteiger partial charge in [0, 0.05) is 30.2 Å². The molecule has 40 heavy (non-hydrogen) atoms. The molecule has 0 aliphatic carbocycles. The van der Waals surface area contributed by atoms with Crippen LogP contribution in [-0.2, 0) is 22.0 Å². The molecule has 1 amide bonds. The first-order valence-electron chi connectivity index (χ1n) is 12.8. The molecular formula is C27H31N7O4S2. The highest BCUT2D eigenvalue weighted by molar-refractivity contribution is 7.92. The van der Waals surface area contributed by atoms with Gasteiger partial charge in [0.25, 0.3) is 11.8 Å². The molecule has 1 aliphatic heterocycles. The lowest BCUT2D eigenvalue weighted by molar-refractivity contribution is 0.0735. The first-order valence-corrected chi connectivity index (χ1v) is 15.5. The molecule has 2 N–H and O–H groups in total. The van der Waals surface area contributed by atoms with Crippen LogP contribution in [-0.4, -0.2) is 59.2 Å². The van der Waals surface area contributed by atoms with Gasteiger partial charge in [0.2, 0.25) is 15.9 Å². The van der Waals surface area contributed by atoms with Crippen molar-refractivity contribution in [3.05, 3.63) is 75.6 Å². The zero-order chi connectivity index (χ0) is 28.7. The van der Waals surface area contributed by atoms with Crippen LogP contribution >= 0.6 is 11.3 Å². The van der Waals surface area contributed by atoms with Crippen LogP contribution in [0.4, 0.5) is 5.82 Å². The number of carbonyl (C=O) groups is 1. The van der Waals surface area contributed by atoms with E-state index in [0.29, 0.717) is 13.0 Å². The summed E-state index contributed by atoms with van der Waals surface area (Å²) in [6.45, 7) is 4.28. The van der Waals surface area contributed by atoms with Crippen molar-refractivity contribution >= 4 is 33.1 Å². The number of hydrogen-bond acceptors (Lipinski definition) is 10. The van der Waals surface area contributed by atoms with Crippen molar-refractivity contribution in [2.45, 2.75) is 44.7 Å². The number of hydrogen-bond donors (Lipinski definition) is 1. The molecule has 5 rings (SSSR count). The number of carbonyl (C=O) groups excluding carboxylic acids is 1. The molecule has 1 fully saturated rings. The Hall–Kier alpha value is -3.68. The van der Waals surface area contributed by atoms with Crippen LogP contribution in [0.15, 0.2) is 52.3 Å². The maximum atomic E-state index is 13.8. The number of nitrogens with two attached hydrogens (primary N) is 1. The lowest BCUT2D eigenvalue weighted by atomic mass is 9.94. The van der Waals surface area contributed by atoms with Gasteiger partial charge in [-0.2, -0.15) is 0 Å². The number of nitrogens with zero attached hydrogens (tertiary/aromatic N) is 6. The molecule has 210 valence electrons. The minimum atomic E-state index is -3.67. The van der Waals surface area contributed by atoms with Gasteiger partial charge in [0.15, 0.2) is 0 Å². The highest BCUT2D eigenvalue weighted by Gasteiger charge is 2.34. The van der Waals surface area contributed by atoms with Gasteiger partial charge in [-0.15, -0.1) is 21.5 Å². The average Bonchev–Trinajstić information content (AvgIpc) is 3.68. The molecule has 3 aromatic heterocycles. The fourth-order valence-corrected chi connectivity index (χ4v) is 6.07. The number of aryl methyl sites for hydroxylation is 1. The van der Waals surface area contributed by atoms with Crippen molar-refractivity contribution in [2.24, 2.45) is 5.73 Å². The summed E-state index contributed by atoms with van der Waals surface area (Å²) in [6, 6.07) is 12.6. The summed E-state index contributed by atoms with van der Waals surface area (Å²) >= 11 is 1.53. The Balaban J connectivity index is 1.51. The summed E-state index contributed by atoms with van der Waals surface area (Å²) in [5.41, 5.74) is 7.94. The van der Waals surface area contributed by atoms with E-state index < -0.39 is 15.6 Å². The normalized spacial score (nSPS) is 17.1. The molecule has 0 saturated carbocycles. The second-order valence-electron chi connectivity index (χ2n) is 10.3. The van der Waals surface area contributed by atoms with Crippen molar-refractivity contribution in [3.63, 3.8) is 0 Å². The molecule has 1 saturated heterocycles. The minimum Gasteiger partial charge on any atom is -0.417 e. The molecule has 4 aromatic rings. The van der Waals surface area contributed by atoms with Crippen molar-refractivity contribution in [2.75, 3.05) is 24.2 Å². The zero-order valence-electron chi connectivity index (χ0n) is 22.7. The number of likely N-dealkylation sites (tertiary alicyclic amines) is 1. The molecule has 0 bridgehead atoms. The van der Waals surface area contributed by atoms with Crippen molar-refractivity contribution in [1.29, 1.82) is 0 Å². The Labute approximate surface area is 237 Å². The van der Waals surface area contributed by atoms with Gasteiger partial charge in [0.1, 0.15) is 16.5 Å². The Bertz CT molecular complexity index is 1630. The number of aromatic nitrogens is 4. The van der Waals surface area contributed by atoms with Crippen molar-refractivity contribution in [3.8, 4) is 11.6 Å². The summed E-state index contributed by atoms with van der Waals surface area (Å²) in [5, 5.41) is 11.2. The quantitative estimate of drug-likeness (QED) is 0.329. The largest absolute Gasteiger partial charge is 0.417 e. The molecule has 13 heteroatoms. The Morgan fingerprint density at radius 1 is 1.23 bits per heavy atom. The van der Waals surface area contributed by atoms with Crippen LogP contribution in [0.2, 0.25) is 0 Å². The molecule has 1 aromatic carbocycles. The molecule has 0 radical (unpaired) electrons. The van der Waals surface area contributed by atoms with Crippen LogP contribution in [0.5, 0.6) is 0 Å². The maximum Gasteiger partial charge on any atom is 0.266 e. The van der Waals surface area contributed by atoms with Gasteiger partial charge in [-0.1, -0.05) is 30.3 Å². The summed E-state index contributed by atoms with van der Waals surface area (Å²) < 4.78 is 31.7. The van der Waals surface area contributed by atoms with Gasteiger partial charge >= 0.3 is 0 Å². The maximum absolute atomic E-state index is 13.8. The fraction of sp³-hybridized carbons (Fsp3) is 0.370. The fourth-order valence-electron chi connectivity index (χ4n) is 4.69. The molecule has 1 unspecified atom stereocenters. The number of thiazole rings is 1. The van der Waals surface area contributed by atoms with Crippen LogP contribution in [0.25, 0.3) is 11.6 Å². The Kier molecular flexibility index (Phi) is 7.46. The van der Waals surface area contributed by atoms with Crippen LogP contribution in [0, 0.1) is 6.92 Å². The van der Waals surface area contributed by atoms with Crippen LogP contribution in [0.1, 0.15) is 58.3 Å². The van der Waals surface area contributed by atoms with Gasteiger partial charge < -0.3 is 15.1 Å². The molecule has 4 heterocycles. The number of benzene rings is 1. The number of pyridine rings is 1. The van der Waals surface area contributed by atoms with E-state index in [-0.39, 0.29) is 40.8 Å². The number of amides is 1. The second kappa shape index (κ2) is 10.7. The zero-order valence-corrected chi connectivity index (χ0v) is 24.4. The van der Waals surface area contributed by atoms with E-state index >= 15 is 0 Å². The third kappa shape index (κ3) is 5.76. The first kappa shape index (κ1) is 27.9. The van der Waals surface area contributed by atoms with E-state index in [0.717, 1.165) is 39.7 Å². The Morgan fingerprint density at radius 3 is 2.65 bits per heavy atom. The summed E-state index contributed by atoms with van der Waals surface area (Å²) in [6.07, 6.45) is 3.16. The standard InChI is InChI=1S/C27H31N7O4S2/c1-17-16-39-24(29-17)21-11-8-12-34(21)25(35)19-13-20(30-22(14-19)33(3)40(4,36)37)23-31-32-26(38-23)27(2,28)15-18-9-6-5-7-10-18/h5-7,9-10,13-14,16,21H,8,11-12,15,28H2,1-4H3/t21?,27-/m1/s1. The van der Waals surface area contributed by atoms with Gasteiger partial charge in [-0.3, -0.25) is 9.10 Å². The Morgan fingerprint density at radius 2 is 1.98 bits per heavy atom. The highest BCUT2D eigenvalue weighted by Crippen LogP contribution is 2.36. The van der Waals surface area contributed by atoms with E-state index in [1.165, 1.54) is 24.5 Å². The lowest BCUT2D eigenvalue weighted by Gasteiger charge is -2.24. The number of rotatable bonds is 8. The monoisotopic (exact) mass is 581 g/mol. The van der Waals surface area contributed by atoms with E-state index in [2.05, 4.69) is 20.2 Å². The van der Waals surface area contributed by atoms with E-state index in [1.807, 2.05) is 42.6 Å². The first-order chi connectivity index (χ1) is 18.9. The van der Waals surface area contributed by atoms with Crippen molar-refractivity contribution in [1.82, 2.24) is 25.1 Å². The summed E-state index contributed by atoms with van der Waals surface area (Å²) in [4.78, 5) is 24.7. The summed E-state index contributed by atoms with van der Waals surface area (Å²) in [5.74, 6) is 0.0334. The minimum absolute atomic E-state index is 0.0334. The number of anilines is 1. The molecule has 1 aliphatic rings. The van der Waals surface area contributed by atoms with E-state index in [1.54, 1.807) is 17.9 Å². The third-order valence-corrected chi connectivity index (χ3v) is 9.11. The van der Waals surface area contributed by atoms with Crippen LogP contribution in [0.3, 0.4) is 0 Å². The predicted octanol–water partition coefficient (Wildman–Crippen LogP) is 3.69. The SMILES string of the molecule is Cc1csc(C2CCCN2C(=O)c2cc(-c3nnc([C@](C)(N)Cc4ccccc4)o3)nc(N(C)S(C)(=O)=O)c2)n1. The van der Waals surface area contributed by atoms with Crippen molar-refractivity contribution < 1.29 is 17.6 Å². The molecule has 0 spiro atoms. The molecular weight excluding hydrogens is 550 g/mol. The second-order valence-corrected chi connectivity index (χ2v) is 13.2. The smallest absolute Gasteiger partial charge is 0.266 e. The molecule has 11 nitrogen and oxygen atoms in total. The van der Waals surface area contributed by atoms with Gasteiger partial charge in [-0.25, -0.2) is 18.4 Å². The third-order valence-electron chi connectivity index (χ3n) is 6.86. The lowest BCUT2D eigenvalue weighted by Crippen LogP contribution is -2.35. The molecule has 2 atom stereocenters. The van der Waals surface area contributed by atoms with E-state index in [9.17, 15) is 13.2 Å². The average molecular weight is 582 g/mol. The predicted molar refractivity (Wildman–Crippen MR) is 152 cm³/mol. The highest BCUT2D eigenvalue weighted by atomic mass is 32.2. The van der Waals surface area contributed by atoms with Crippen LogP contribution < -0.4 is 10.0 Å².